The molecule has 3 aromatic rings. The highest BCUT2D eigenvalue weighted by molar-refractivity contribution is 7.99. The van der Waals surface area contributed by atoms with E-state index in [0.29, 0.717) is 22.5 Å². The van der Waals surface area contributed by atoms with Crippen LogP contribution in [0.2, 0.25) is 5.02 Å². The largest absolute Gasteiger partial charge is 0.467 e. The molecule has 10 heteroatoms. The number of nitrogens with zero attached hydrogens (tertiary/aromatic N) is 4. The Balaban J connectivity index is 1.58. The van der Waals surface area contributed by atoms with Crippen LogP contribution in [0.4, 0.5) is 4.79 Å². The van der Waals surface area contributed by atoms with Crippen LogP contribution < -0.4 is 0 Å². The topological polar surface area (TPSA) is 90.5 Å². The van der Waals surface area contributed by atoms with E-state index in [0.717, 1.165) is 16.2 Å². The number of benzene rings is 1. The van der Waals surface area contributed by atoms with E-state index in [1.807, 2.05) is 22.8 Å². The fourth-order valence-electron chi connectivity index (χ4n) is 2.73. The lowest BCUT2D eigenvalue weighted by atomic mass is 10.2. The predicted molar refractivity (Wildman–Crippen MR) is 102 cm³/mol. The number of cyclic esters (lactones) is 1. The molecule has 144 valence electrons. The van der Waals surface area contributed by atoms with Gasteiger partial charge in [-0.05, 0) is 36.4 Å². The maximum atomic E-state index is 12.3. The van der Waals surface area contributed by atoms with Gasteiger partial charge in [-0.25, -0.2) is 9.69 Å². The molecule has 1 fully saturated rings. The van der Waals surface area contributed by atoms with Gasteiger partial charge in [0.15, 0.2) is 11.0 Å². The number of furan rings is 1. The Hall–Kier alpha value is -2.78. The standard InChI is InChI=1S/C18H15ClN4O4S/c19-13-5-3-12(4-6-13)16-20-21-17(23(16)10-14-2-1-8-26-14)28-11-15(24)22-7-9-27-18(22)25/h1-6,8H,7,9-11H2. The number of thioether (sulfide) groups is 1. The third kappa shape index (κ3) is 3.90. The minimum absolute atomic E-state index is 0.0476. The Morgan fingerprint density at radius 1 is 1.21 bits per heavy atom. The van der Waals surface area contributed by atoms with E-state index in [9.17, 15) is 9.59 Å². The molecule has 2 amide bonds. The summed E-state index contributed by atoms with van der Waals surface area (Å²) >= 11 is 7.18. The SMILES string of the molecule is O=C(CSc1nnc(-c2ccc(Cl)cc2)n1Cc1ccco1)N1CCOC1=O. The fourth-order valence-corrected chi connectivity index (χ4v) is 3.67. The molecule has 0 bridgehead atoms. The Kier molecular flexibility index (Phi) is 5.36. The zero-order valence-corrected chi connectivity index (χ0v) is 16.2. The van der Waals surface area contributed by atoms with Gasteiger partial charge >= 0.3 is 6.09 Å². The Morgan fingerprint density at radius 2 is 2.04 bits per heavy atom. The molecule has 0 saturated carbocycles. The highest BCUT2D eigenvalue weighted by Gasteiger charge is 2.28. The molecular weight excluding hydrogens is 404 g/mol. The van der Waals surface area contributed by atoms with E-state index in [2.05, 4.69) is 10.2 Å². The number of amides is 2. The average Bonchev–Trinajstić information content (AvgIpc) is 3.43. The summed E-state index contributed by atoms with van der Waals surface area (Å²) in [5, 5.41) is 9.67. The lowest BCUT2D eigenvalue weighted by Crippen LogP contribution is -2.33. The predicted octanol–water partition coefficient (Wildman–Crippen LogP) is 3.31. The number of rotatable bonds is 6. The summed E-state index contributed by atoms with van der Waals surface area (Å²) in [5.74, 6) is 1.08. The van der Waals surface area contributed by atoms with Crippen LogP contribution in [0.3, 0.4) is 0 Å². The molecule has 1 aliphatic rings. The molecule has 0 unspecified atom stereocenters. The van der Waals surface area contributed by atoms with Gasteiger partial charge in [-0.3, -0.25) is 9.36 Å². The first-order valence-corrected chi connectivity index (χ1v) is 9.79. The van der Waals surface area contributed by atoms with Crippen molar-refractivity contribution in [2.24, 2.45) is 0 Å². The molecule has 0 spiro atoms. The molecule has 1 aliphatic heterocycles. The van der Waals surface area contributed by atoms with Crippen LogP contribution in [0.5, 0.6) is 0 Å². The summed E-state index contributed by atoms with van der Waals surface area (Å²) in [7, 11) is 0. The summed E-state index contributed by atoms with van der Waals surface area (Å²) in [5.41, 5.74) is 0.838. The molecule has 0 atom stereocenters. The zero-order valence-electron chi connectivity index (χ0n) is 14.6. The van der Waals surface area contributed by atoms with E-state index < -0.39 is 6.09 Å². The maximum Gasteiger partial charge on any atom is 0.416 e. The van der Waals surface area contributed by atoms with Crippen LogP contribution in [0, 0.1) is 0 Å². The van der Waals surface area contributed by atoms with Crippen LogP contribution in [-0.4, -0.2) is 50.6 Å². The summed E-state index contributed by atoms with van der Waals surface area (Å²) in [6.07, 6.45) is 0.987. The molecule has 1 saturated heterocycles. The van der Waals surface area contributed by atoms with E-state index >= 15 is 0 Å². The van der Waals surface area contributed by atoms with Crippen LogP contribution in [0.15, 0.2) is 52.2 Å². The molecule has 3 heterocycles. The Labute approximate surface area is 169 Å². The van der Waals surface area contributed by atoms with Gasteiger partial charge in [-0.2, -0.15) is 0 Å². The molecule has 0 N–H and O–H groups in total. The molecule has 4 rings (SSSR count). The molecule has 28 heavy (non-hydrogen) atoms. The van der Waals surface area contributed by atoms with Crippen LogP contribution in [-0.2, 0) is 16.1 Å². The number of ether oxygens (including phenoxy) is 1. The molecule has 0 aliphatic carbocycles. The first-order chi connectivity index (χ1) is 13.6. The molecule has 0 radical (unpaired) electrons. The maximum absolute atomic E-state index is 12.3. The first kappa shape index (κ1) is 18.6. The first-order valence-electron chi connectivity index (χ1n) is 8.43. The number of halogens is 1. The van der Waals surface area contributed by atoms with Crippen molar-refractivity contribution in [1.29, 1.82) is 0 Å². The Bertz CT molecular complexity index is 988. The van der Waals surface area contributed by atoms with Crippen molar-refractivity contribution < 1.29 is 18.7 Å². The zero-order chi connectivity index (χ0) is 19.5. The van der Waals surface area contributed by atoms with E-state index in [-0.39, 0.29) is 24.8 Å². The normalized spacial score (nSPS) is 13.8. The van der Waals surface area contributed by atoms with Gasteiger partial charge in [-0.15, -0.1) is 10.2 Å². The smallest absolute Gasteiger partial charge is 0.416 e. The van der Waals surface area contributed by atoms with Crippen LogP contribution in [0.25, 0.3) is 11.4 Å². The number of hydrogen-bond acceptors (Lipinski definition) is 7. The number of imide groups is 1. The number of hydrogen-bond donors (Lipinski definition) is 0. The second-order valence-electron chi connectivity index (χ2n) is 5.93. The quantitative estimate of drug-likeness (QED) is 0.567. The summed E-state index contributed by atoms with van der Waals surface area (Å²) in [6, 6.07) is 10.9. The lowest BCUT2D eigenvalue weighted by molar-refractivity contribution is -0.125. The van der Waals surface area contributed by atoms with Crippen molar-refractivity contribution in [3.05, 3.63) is 53.4 Å². The van der Waals surface area contributed by atoms with E-state index in [4.69, 9.17) is 20.8 Å². The second kappa shape index (κ2) is 8.07. The van der Waals surface area contributed by atoms with E-state index in [1.165, 1.54) is 11.8 Å². The Morgan fingerprint density at radius 3 is 2.71 bits per heavy atom. The minimum atomic E-state index is -0.607. The summed E-state index contributed by atoms with van der Waals surface area (Å²) in [4.78, 5) is 24.9. The van der Waals surface area contributed by atoms with Crippen molar-refractivity contribution in [2.75, 3.05) is 18.9 Å². The van der Waals surface area contributed by atoms with Crippen LogP contribution >= 0.6 is 23.4 Å². The highest BCUT2D eigenvalue weighted by atomic mass is 35.5. The van der Waals surface area contributed by atoms with Gasteiger partial charge in [-0.1, -0.05) is 23.4 Å². The summed E-state index contributed by atoms with van der Waals surface area (Å²) in [6.45, 7) is 0.901. The van der Waals surface area contributed by atoms with Gasteiger partial charge in [0.2, 0.25) is 5.91 Å². The van der Waals surface area contributed by atoms with E-state index in [1.54, 1.807) is 24.5 Å². The van der Waals surface area contributed by atoms with Crippen molar-refractivity contribution in [3.8, 4) is 11.4 Å². The fraction of sp³-hybridized carbons (Fsp3) is 0.222. The molecule has 1 aromatic carbocycles. The summed E-state index contributed by atoms with van der Waals surface area (Å²) < 4.78 is 12.1. The molecular formula is C18H15ClN4O4S. The van der Waals surface area contributed by atoms with Gasteiger partial charge < -0.3 is 9.15 Å². The van der Waals surface area contributed by atoms with Gasteiger partial charge in [0.05, 0.1) is 25.1 Å². The van der Waals surface area contributed by atoms with Crippen molar-refractivity contribution in [1.82, 2.24) is 19.7 Å². The third-order valence-corrected chi connectivity index (χ3v) is 5.30. The lowest BCUT2D eigenvalue weighted by Gasteiger charge is -2.11. The van der Waals surface area contributed by atoms with Crippen molar-refractivity contribution in [3.63, 3.8) is 0 Å². The molecule has 2 aromatic heterocycles. The monoisotopic (exact) mass is 418 g/mol. The third-order valence-electron chi connectivity index (χ3n) is 4.10. The van der Waals surface area contributed by atoms with Crippen molar-refractivity contribution >= 4 is 35.4 Å². The number of carbonyl (C=O) groups is 2. The minimum Gasteiger partial charge on any atom is -0.467 e. The van der Waals surface area contributed by atoms with Crippen molar-refractivity contribution in [2.45, 2.75) is 11.7 Å². The number of carbonyl (C=O) groups excluding carboxylic acids is 2. The highest BCUT2D eigenvalue weighted by Crippen LogP contribution is 2.26. The van der Waals surface area contributed by atoms with Crippen LogP contribution in [0.1, 0.15) is 5.76 Å². The van der Waals surface area contributed by atoms with Gasteiger partial charge in [0.1, 0.15) is 12.4 Å². The molecule has 8 nitrogen and oxygen atoms in total. The number of aromatic nitrogens is 3. The van der Waals surface area contributed by atoms with Gasteiger partial charge in [0, 0.05) is 10.6 Å². The second-order valence-corrected chi connectivity index (χ2v) is 7.31. The van der Waals surface area contributed by atoms with Gasteiger partial charge in [0.25, 0.3) is 0 Å². The average molecular weight is 419 g/mol.